The highest BCUT2D eigenvalue weighted by atomic mass is 32.1. The van der Waals surface area contributed by atoms with Crippen molar-refractivity contribution in [3.8, 4) is 0 Å². The van der Waals surface area contributed by atoms with E-state index in [0.717, 1.165) is 18.4 Å². The van der Waals surface area contributed by atoms with Crippen molar-refractivity contribution in [2.75, 3.05) is 0 Å². The summed E-state index contributed by atoms with van der Waals surface area (Å²) < 4.78 is 1.24. The first-order valence-electron chi connectivity index (χ1n) is 5.29. The lowest BCUT2D eigenvalue weighted by molar-refractivity contribution is 0.672. The quantitative estimate of drug-likeness (QED) is 0.800. The summed E-state index contributed by atoms with van der Waals surface area (Å²) in [5.74, 6) is 0.581. The van der Waals surface area contributed by atoms with Crippen LogP contribution in [0.3, 0.4) is 0 Å². The van der Waals surface area contributed by atoms with Crippen LogP contribution in [0.2, 0.25) is 0 Å². The number of pyridine rings is 1. The number of aromatic nitrogens is 2. The molecule has 2 heterocycles. The van der Waals surface area contributed by atoms with Gasteiger partial charge in [-0.1, -0.05) is 0 Å². The van der Waals surface area contributed by atoms with E-state index in [9.17, 15) is 0 Å². The van der Waals surface area contributed by atoms with Gasteiger partial charge in [-0.15, -0.1) is 11.3 Å². The third-order valence-corrected chi connectivity index (χ3v) is 4.23. The van der Waals surface area contributed by atoms with Gasteiger partial charge in [0.1, 0.15) is 0 Å². The van der Waals surface area contributed by atoms with Gasteiger partial charge in [0, 0.05) is 18.2 Å². The molecular formula is C11H13N3S. The van der Waals surface area contributed by atoms with Crippen molar-refractivity contribution >= 4 is 21.6 Å². The maximum Gasteiger partial charge on any atom is 0.0998 e. The summed E-state index contributed by atoms with van der Waals surface area (Å²) in [7, 11) is 0. The molecule has 2 aromatic rings. The SMILES string of the molecule is N[C@H]1CC[C@@H](c2nc3cnccc3s2)C1. The first-order valence-corrected chi connectivity index (χ1v) is 6.10. The predicted molar refractivity (Wildman–Crippen MR) is 62.0 cm³/mol. The molecule has 0 aliphatic heterocycles. The van der Waals surface area contributed by atoms with Crippen molar-refractivity contribution < 1.29 is 0 Å². The summed E-state index contributed by atoms with van der Waals surface area (Å²) >= 11 is 1.79. The van der Waals surface area contributed by atoms with Crippen LogP contribution in [-0.4, -0.2) is 16.0 Å². The minimum absolute atomic E-state index is 0.375. The van der Waals surface area contributed by atoms with E-state index in [1.807, 2.05) is 18.5 Å². The summed E-state index contributed by atoms with van der Waals surface area (Å²) in [6.45, 7) is 0. The van der Waals surface area contributed by atoms with Gasteiger partial charge in [0.15, 0.2) is 0 Å². The molecule has 2 N–H and O–H groups in total. The van der Waals surface area contributed by atoms with E-state index >= 15 is 0 Å². The molecule has 1 saturated carbocycles. The molecule has 0 amide bonds. The van der Waals surface area contributed by atoms with Crippen LogP contribution in [0.5, 0.6) is 0 Å². The molecule has 1 fully saturated rings. The average Bonchev–Trinajstić information content (AvgIpc) is 2.82. The first-order chi connectivity index (χ1) is 7.33. The van der Waals surface area contributed by atoms with Crippen molar-refractivity contribution in [1.29, 1.82) is 0 Å². The summed E-state index contributed by atoms with van der Waals surface area (Å²) in [6.07, 6.45) is 7.08. The average molecular weight is 219 g/mol. The fourth-order valence-electron chi connectivity index (χ4n) is 2.21. The highest BCUT2D eigenvalue weighted by Gasteiger charge is 2.25. The zero-order valence-corrected chi connectivity index (χ0v) is 9.20. The normalized spacial score (nSPS) is 26.2. The van der Waals surface area contributed by atoms with E-state index in [4.69, 9.17) is 5.73 Å². The monoisotopic (exact) mass is 219 g/mol. The molecule has 0 unspecified atom stereocenters. The number of nitrogens with zero attached hydrogens (tertiary/aromatic N) is 2. The molecule has 2 atom stereocenters. The zero-order valence-electron chi connectivity index (χ0n) is 8.39. The Bertz CT molecular complexity index is 446. The minimum Gasteiger partial charge on any atom is -0.328 e. The molecule has 3 rings (SSSR count). The van der Waals surface area contributed by atoms with Crippen molar-refractivity contribution in [3.05, 3.63) is 23.5 Å². The molecule has 4 heteroatoms. The van der Waals surface area contributed by atoms with Gasteiger partial charge in [-0.05, 0) is 25.3 Å². The highest BCUT2D eigenvalue weighted by Crippen LogP contribution is 2.37. The van der Waals surface area contributed by atoms with Gasteiger partial charge in [0.25, 0.3) is 0 Å². The van der Waals surface area contributed by atoms with Crippen molar-refractivity contribution in [2.45, 2.75) is 31.2 Å². The minimum atomic E-state index is 0.375. The Labute approximate surface area is 92.4 Å². The Balaban J connectivity index is 1.98. The molecule has 15 heavy (non-hydrogen) atoms. The van der Waals surface area contributed by atoms with Crippen LogP contribution in [0.15, 0.2) is 18.5 Å². The van der Waals surface area contributed by atoms with Crippen LogP contribution in [0.25, 0.3) is 10.2 Å². The van der Waals surface area contributed by atoms with Gasteiger partial charge in [-0.25, -0.2) is 4.98 Å². The van der Waals surface area contributed by atoms with E-state index in [1.54, 1.807) is 11.3 Å². The van der Waals surface area contributed by atoms with Crippen molar-refractivity contribution in [2.24, 2.45) is 5.73 Å². The molecule has 1 aliphatic rings. The number of fused-ring (bicyclic) bond motifs is 1. The van der Waals surface area contributed by atoms with Crippen LogP contribution in [0, 0.1) is 0 Å². The molecule has 0 radical (unpaired) electrons. The van der Waals surface area contributed by atoms with E-state index in [2.05, 4.69) is 9.97 Å². The van der Waals surface area contributed by atoms with Crippen LogP contribution >= 0.6 is 11.3 Å². The van der Waals surface area contributed by atoms with Crippen molar-refractivity contribution in [3.63, 3.8) is 0 Å². The molecule has 1 aliphatic carbocycles. The zero-order chi connectivity index (χ0) is 10.3. The lowest BCUT2D eigenvalue weighted by Gasteiger charge is -2.03. The summed E-state index contributed by atoms with van der Waals surface area (Å²) in [5, 5.41) is 1.24. The second kappa shape index (κ2) is 3.54. The van der Waals surface area contributed by atoms with Gasteiger partial charge >= 0.3 is 0 Å². The molecule has 2 aromatic heterocycles. The Hall–Kier alpha value is -1.00. The maximum atomic E-state index is 5.92. The van der Waals surface area contributed by atoms with E-state index < -0.39 is 0 Å². The number of nitrogens with two attached hydrogens (primary N) is 1. The molecule has 3 nitrogen and oxygen atoms in total. The highest BCUT2D eigenvalue weighted by molar-refractivity contribution is 7.18. The Morgan fingerprint density at radius 2 is 2.33 bits per heavy atom. The van der Waals surface area contributed by atoms with E-state index in [0.29, 0.717) is 12.0 Å². The largest absolute Gasteiger partial charge is 0.328 e. The first kappa shape index (κ1) is 9.24. The Morgan fingerprint density at radius 3 is 3.07 bits per heavy atom. The standard InChI is InChI=1S/C11H13N3S/c12-8-2-1-7(5-8)11-14-9-6-13-4-3-10(9)15-11/h3-4,6-8H,1-2,5,12H2/t7-,8+/m1/s1. The lowest BCUT2D eigenvalue weighted by Crippen LogP contribution is -2.14. The molecule has 0 spiro atoms. The summed E-state index contributed by atoms with van der Waals surface area (Å²) in [4.78, 5) is 8.72. The van der Waals surface area contributed by atoms with Gasteiger partial charge in [0.2, 0.25) is 0 Å². The van der Waals surface area contributed by atoms with Crippen molar-refractivity contribution in [1.82, 2.24) is 9.97 Å². The van der Waals surface area contributed by atoms with Gasteiger partial charge in [-0.3, -0.25) is 4.98 Å². The fraction of sp³-hybridized carbons (Fsp3) is 0.455. The second-order valence-corrected chi connectivity index (χ2v) is 5.23. The Kier molecular flexibility index (Phi) is 2.18. The van der Waals surface area contributed by atoms with Gasteiger partial charge < -0.3 is 5.73 Å². The fourth-order valence-corrected chi connectivity index (χ4v) is 3.30. The summed E-state index contributed by atoms with van der Waals surface area (Å²) in [6, 6.07) is 2.41. The second-order valence-electron chi connectivity index (χ2n) is 4.17. The van der Waals surface area contributed by atoms with E-state index in [-0.39, 0.29) is 0 Å². The van der Waals surface area contributed by atoms with Gasteiger partial charge in [0.05, 0.1) is 21.4 Å². The third kappa shape index (κ3) is 1.64. The molecule has 0 saturated heterocycles. The predicted octanol–water partition coefficient (Wildman–Crippen LogP) is 2.29. The molecule has 78 valence electrons. The smallest absolute Gasteiger partial charge is 0.0998 e. The van der Waals surface area contributed by atoms with E-state index in [1.165, 1.54) is 16.1 Å². The molecular weight excluding hydrogens is 206 g/mol. The topological polar surface area (TPSA) is 51.8 Å². The lowest BCUT2D eigenvalue weighted by atomic mass is 10.1. The van der Waals surface area contributed by atoms with Gasteiger partial charge in [-0.2, -0.15) is 0 Å². The summed E-state index contributed by atoms with van der Waals surface area (Å²) in [5.41, 5.74) is 6.95. The molecule has 0 bridgehead atoms. The number of thiazole rings is 1. The number of hydrogen-bond acceptors (Lipinski definition) is 4. The Morgan fingerprint density at radius 1 is 1.40 bits per heavy atom. The maximum absolute atomic E-state index is 5.92. The van der Waals surface area contributed by atoms with Crippen LogP contribution in [0.1, 0.15) is 30.2 Å². The number of rotatable bonds is 1. The van der Waals surface area contributed by atoms with Crippen LogP contribution in [0.4, 0.5) is 0 Å². The third-order valence-electron chi connectivity index (χ3n) is 3.03. The number of hydrogen-bond donors (Lipinski definition) is 1. The van der Waals surface area contributed by atoms with Crippen LogP contribution in [-0.2, 0) is 0 Å². The molecule has 0 aromatic carbocycles. The van der Waals surface area contributed by atoms with Crippen LogP contribution < -0.4 is 5.73 Å².